The van der Waals surface area contributed by atoms with E-state index in [2.05, 4.69) is 9.98 Å². The van der Waals surface area contributed by atoms with Gasteiger partial charge in [-0.15, -0.1) is 0 Å². The van der Waals surface area contributed by atoms with Crippen molar-refractivity contribution in [2.45, 2.75) is 0 Å². The van der Waals surface area contributed by atoms with Crippen LogP contribution in [0.1, 0.15) is 0 Å². The van der Waals surface area contributed by atoms with Gasteiger partial charge in [-0.3, -0.25) is 0 Å². The van der Waals surface area contributed by atoms with Crippen molar-refractivity contribution >= 4 is 17.6 Å². The van der Waals surface area contributed by atoms with Crippen molar-refractivity contribution in [2.75, 3.05) is 7.11 Å². The molecule has 0 saturated carbocycles. The number of ether oxygens (including phenoxy) is 1. The van der Waals surface area contributed by atoms with Crippen molar-refractivity contribution < 1.29 is 9.13 Å². The van der Waals surface area contributed by atoms with Crippen LogP contribution in [0.5, 0.6) is 5.75 Å². The second-order valence-electron chi connectivity index (χ2n) is 2.83. The van der Waals surface area contributed by atoms with Crippen LogP contribution >= 0.6 is 0 Å². The fourth-order valence-electron chi connectivity index (χ4n) is 1.01. The highest BCUT2D eigenvalue weighted by Crippen LogP contribution is 2.23. The van der Waals surface area contributed by atoms with Crippen molar-refractivity contribution in [3.63, 3.8) is 0 Å². The molecular weight excluding hydrogens is 213 g/mol. The van der Waals surface area contributed by atoms with Gasteiger partial charge in [0.2, 0.25) is 5.96 Å². The lowest BCUT2D eigenvalue weighted by Gasteiger charge is -2.02. The van der Waals surface area contributed by atoms with Crippen molar-refractivity contribution in [3.8, 4) is 5.75 Å². The first-order chi connectivity index (χ1) is 7.52. The number of halogens is 1. The van der Waals surface area contributed by atoms with Gasteiger partial charge in [0.15, 0.2) is 17.5 Å². The Kier molecular flexibility index (Phi) is 3.65. The summed E-state index contributed by atoms with van der Waals surface area (Å²) < 4.78 is 17.8. The highest BCUT2D eigenvalue weighted by atomic mass is 19.1. The SMILES string of the molecule is COc1cc(N=C(N)N=C(N)N)ccc1F. The minimum atomic E-state index is -0.484. The summed E-state index contributed by atoms with van der Waals surface area (Å²) in [4.78, 5) is 7.37. The topological polar surface area (TPSA) is 112 Å². The number of aliphatic imine (C=N–C) groups is 2. The second-order valence-corrected chi connectivity index (χ2v) is 2.83. The summed E-state index contributed by atoms with van der Waals surface area (Å²) >= 11 is 0. The Morgan fingerprint density at radius 3 is 2.56 bits per heavy atom. The van der Waals surface area contributed by atoms with Crippen LogP contribution in [0.4, 0.5) is 10.1 Å². The van der Waals surface area contributed by atoms with E-state index < -0.39 is 5.82 Å². The third kappa shape index (κ3) is 3.12. The highest BCUT2D eigenvalue weighted by Gasteiger charge is 2.02. The maximum atomic E-state index is 13.0. The molecular formula is C9H12FN5O. The van der Waals surface area contributed by atoms with E-state index in [4.69, 9.17) is 21.9 Å². The molecule has 6 nitrogen and oxygen atoms in total. The molecule has 0 unspecified atom stereocenters. The molecule has 16 heavy (non-hydrogen) atoms. The predicted octanol–water partition coefficient (Wildman–Crippen LogP) is 0.0539. The number of nitrogens with zero attached hydrogens (tertiary/aromatic N) is 2. The lowest BCUT2D eigenvalue weighted by Crippen LogP contribution is -2.26. The standard InChI is InChI=1S/C9H12FN5O/c1-16-7-4-5(2-3-6(7)10)14-9(13)15-8(11)12/h2-4H,1H3,(H6,11,12,13,14,15). The molecule has 1 aromatic rings. The van der Waals surface area contributed by atoms with Gasteiger partial charge in [0, 0.05) is 6.07 Å². The van der Waals surface area contributed by atoms with E-state index >= 15 is 0 Å². The van der Waals surface area contributed by atoms with Crippen LogP contribution in [0, 0.1) is 5.82 Å². The Labute approximate surface area is 91.6 Å². The molecule has 86 valence electrons. The quantitative estimate of drug-likeness (QED) is 0.487. The summed E-state index contributed by atoms with van der Waals surface area (Å²) in [7, 11) is 1.35. The van der Waals surface area contributed by atoms with E-state index in [1.165, 1.54) is 25.3 Å². The minimum absolute atomic E-state index is 0.0683. The van der Waals surface area contributed by atoms with Crippen LogP contribution in [0.25, 0.3) is 0 Å². The number of nitrogens with two attached hydrogens (primary N) is 3. The van der Waals surface area contributed by atoms with Crippen molar-refractivity contribution in [1.29, 1.82) is 0 Å². The number of methoxy groups -OCH3 is 1. The minimum Gasteiger partial charge on any atom is -0.494 e. The molecule has 0 aliphatic heterocycles. The Morgan fingerprint density at radius 2 is 2.00 bits per heavy atom. The average Bonchev–Trinajstić information content (AvgIpc) is 2.19. The third-order valence-corrected chi connectivity index (χ3v) is 1.62. The van der Waals surface area contributed by atoms with Crippen LogP contribution in [0.3, 0.4) is 0 Å². The molecule has 7 heteroatoms. The molecule has 0 radical (unpaired) electrons. The Hall–Kier alpha value is -2.31. The zero-order chi connectivity index (χ0) is 12.1. The van der Waals surface area contributed by atoms with Gasteiger partial charge in [0.25, 0.3) is 0 Å². The molecule has 0 spiro atoms. The first-order valence-electron chi connectivity index (χ1n) is 4.30. The van der Waals surface area contributed by atoms with Gasteiger partial charge in [0.05, 0.1) is 12.8 Å². The lowest BCUT2D eigenvalue weighted by atomic mass is 10.3. The smallest absolute Gasteiger partial charge is 0.223 e. The molecule has 0 amide bonds. The largest absolute Gasteiger partial charge is 0.494 e. The maximum Gasteiger partial charge on any atom is 0.223 e. The van der Waals surface area contributed by atoms with Gasteiger partial charge in [-0.05, 0) is 12.1 Å². The fraction of sp³-hybridized carbons (Fsp3) is 0.111. The van der Waals surface area contributed by atoms with Crippen LogP contribution in [0.2, 0.25) is 0 Å². The number of hydrogen-bond acceptors (Lipinski definition) is 2. The molecule has 0 aliphatic carbocycles. The summed E-state index contributed by atoms with van der Waals surface area (Å²) in [5.41, 5.74) is 16.0. The van der Waals surface area contributed by atoms with Crippen LogP contribution < -0.4 is 21.9 Å². The van der Waals surface area contributed by atoms with Gasteiger partial charge in [0.1, 0.15) is 0 Å². The molecule has 0 heterocycles. The van der Waals surface area contributed by atoms with Gasteiger partial charge in [-0.25, -0.2) is 9.38 Å². The van der Waals surface area contributed by atoms with Crippen molar-refractivity contribution in [2.24, 2.45) is 27.2 Å². The highest BCUT2D eigenvalue weighted by molar-refractivity contribution is 5.93. The molecule has 6 N–H and O–H groups in total. The molecule has 0 saturated heterocycles. The zero-order valence-corrected chi connectivity index (χ0v) is 8.64. The summed E-state index contributed by atoms with van der Waals surface area (Å²) in [6.45, 7) is 0. The second kappa shape index (κ2) is 4.96. The number of rotatable bonds is 2. The summed E-state index contributed by atoms with van der Waals surface area (Å²) in [5, 5.41) is 0. The van der Waals surface area contributed by atoms with Crippen molar-refractivity contribution in [3.05, 3.63) is 24.0 Å². The molecule has 0 aromatic heterocycles. The maximum absolute atomic E-state index is 13.0. The predicted molar refractivity (Wildman–Crippen MR) is 60.0 cm³/mol. The summed E-state index contributed by atoms with van der Waals surface area (Å²) in [6.07, 6.45) is 0. The van der Waals surface area contributed by atoms with Crippen LogP contribution in [-0.4, -0.2) is 19.0 Å². The number of hydrogen-bond donors (Lipinski definition) is 3. The van der Waals surface area contributed by atoms with Crippen LogP contribution in [0.15, 0.2) is 28.2 Å². The van der Waals surface area contributed by atoms with Gasteiger partial charge < -0.3 is 21.9 Å². The monoisotopic (exact) mass is 225 g/mol. The summed E-state index contributed by atoms with van der Waals surface area (Å²) in [5.74, 6) is -0.732. The lowest BCUT2D eigenvalue weighted by molar-refractivity contribution is 0.387. The Morgan fingerprint density at radius 1 is 1.31 bits per heavy atom. The van der Waals surface area contributed by atoms with Gasteiger partial charge in [-0.1, -0.05) is 0 Å². The van der Waals surface area contributed by atoms with Gasteiger partial charge in [-0.2, -0.15) is 4.99 Å². The number of guanidine groups is 2. The zero-order valence-electron chi connectivity index (χ0n) is 8.64. The van der Waals surface area contributed by atoms with E-state index in [1.54, 1.807) is 0 Å². The van der Waals surface area contributed by atoms with Crippen LogP contribution in [-0.2, 0) is 0 Å². The molecule has 1 rings (SSSR count). The molecule has 0 aliphatic rings. The van der Waals surface area contributed by atoms with E-state index in [0.29, 0.717) is 5.69 Å². The van der Waals surface area contributed by atoms with E-state index in [0.717, 1.165) is 0 Å². The first-order valence-corrected chi connectivity index (χ1v) is 4.30. The van der Waals surface area contributed by atoms with Crippen molar-refractivity contribution in [1.82, 2.24) is 0 Å². The molecule has 0 bridgehead atoms. The summed E-state index contributed by atoms with van der Waals surface area (Å²) in [6, 6.07) is 4.01. The molecule has 0 fully saturated rings. The van der Waals surface area contributed by atoms with E-state index in [-0.39, 0.29) is 17.7 Å². The fourth-order valence-corrected chi connectivity index (χ4v) is 1.01. The third-order valence-electron chi connectivity index (χ3n) is 1.62. The van der Waals surface area contributed by atoms with E-state index in [9.17, 15) is 4.39 Å². The average molecular weight is 225 g/mol. The molecule has 0 atom stereocenters. The first kappa shape index (κ1) is 11.8. The normalized spacial score (nSPS) is 11.0. The Bertz CT molecular complexity index is 440. The van der Waals surface area contributed by atoms with E-state index in [1.807, 2.05) is 0 Å². The molecule has 1 aromatic carbocycles. The Balaban J connectivity index is 3.02. The number of benzene rings is 1. The van der Waals surface area contributed by atoms with Gasteiger partial charge >= 0.3 is 0 Å².